The Hall–Kier alpha value is -1.28. The van der Waals surface area contributed by atoms with Gasteiger partial charge in [0.25, 0.3) is 0 Å². The molecule has 0 aliphatic heterocycles. The van der Waals surface area contributed by atoms with Crippen molar-refractivity contribution >= 4 is 23.0 Å². The van der Waals surface area contributed by atoms with E-state index in [1.165, 1.54) is 0 Å². The van der Waals surface area contributed by atoms with E-state index in [1.807, 2.05) is 12.1 Å². The van der Waals surface area contributed by atoms with Crippen molar-refractivity contribution in [1.82, 2.24) is 0 Å². The minimum Gasteiger partial charge on any atom is -0.508 e. The van der Waals surface area contributed by atoms with Gasteiger partial charge in [-0.25, -0.2) is 0 Å². The number of carbonyl (C=O) groups is 1. The lowest BCUT2D eigenvalue weighted by atomic mass is 9.74. The molecular formula is C15H13ClO2. The number of hydrogen-bond acceptors (Lipinski definition) is 2. The molecule has 2 atom stereocenters. The van der Waals surface area contributed by atoms with Crippen LogP contribution >= 0.6 is 11.6 Å². The maximum atomic E-state index is 12.2. The summed E-state index contributed by atoms with van der Waals surface area (Å²) in [4.78, 5) is 12.2. The van der Waals surface area contributed by atoms with E-state index in [1.54, 1.807) is 6.07 Å². The quantitative estimate of drug-likeness (QED) is 0.777. The molecule has 3 aliphatic rings. The molecule has 1 saturated carbocycles. The first-order valence-corrected chi connectivity index (χ1v) is 6.75. The largest absolute Gasteiger partial charge is 0.508 e. The van der Waals surface area contributed by atoms with Crippen LogP contribution in [-0.2, 0) is 11.2 Å². The second kappa shape index (κ2) is 3.18. The highest BCUT2D eigenvalue weighted by Crippen LogP contribution is 2.62. The highest BCUT2D eigenvalue weighted by atomic mass is 35.5. The average Bonchev–Trinajstić information content (AvgIpc) is 2.86. The number of aromatic hydroxyl groups is 1. The molecule has 0 aromatic heterocycles. The van der Waals surface area contributed by atoms with Crippen molar-refractivity contribution in [3.63, 3.8) is 0 Å². The minimum absolute atomic E-state index is 0.0752. The molecule has 0 saturated heterocycles. The Labute approximate surface area is 110 Å². The van der Waals surface area contributed by atoms with Crippen molar-refractivity contribution in [1.29, 1.82) is 0 Å². The molecule has 4 rings (SSSR count). The predicted octanol–water partition coefficient (Wildman–Crippen LogP) is 3.27. The third-order valence-electron chi connectivity index (χ3n) is 4.83. The third kappa shape index (κ3) is 1.12. The summed E-state index contributed by atoms with van der Waals surface area (Å²) in [5, 5.41) is 10.1. The van der Waals surface area contributed by atoms with Gasteiger partial charge in [-0.05, 0) is 54.5 Å². The van der Waals surface area contributed by atoms with Crippen molar-refractivity contribution in [2.75, 3.05) is 0 Å². The molecule has 2 bridgehead atoms. The summed E-state index contributed by atoms with van der Waals surface area (Å²) in [6.07, 6.45) is 3.86. The standard InChI is InChI=1S/C15H13ClO2/c16-13-12-11-2-1-10(17)5-9(11)7-15(12)4-3-8(6-15)14(13)18/h1-2,5,8,17H,3-4,6-7H2/t8-,15+/m0/s1. The number of hydrogen-bond donors (Lipinski definition) is 1. The molecule has 2 nitrogen and oxygen atoms in total. The monoisotopic (exact) mass is 260 g/mol. The lowest BCUT2D eigenvalue weighted by Crippen LogP contribution is -2.25. The Morgan fingerprint density at radius 2 is 2.22 bits per heavy atom. The molecular weight excluding hydrogens is 248 g/mol. The molecule has 3 aliphatic carbocycles. The zero-order chi connectivity index (χ0) is 12.5. The lowest BCUT2D eigenvalue weighted by Gasteiger charge is -2.30. The first-order valence-electron chi connectivity index (χ1n) is 6.37. The van der Waals surface area contributed by atoms with E-state index < -0.39 is 0 Å². The Morgan fingerprint density at radius 3 is 3.06 bits per heavy atom. The SMILES string of the molecule is O=C1C(Cl)=C2c3ccc(O)cc3C[C@]23CC[C@H]1C3. The van der Waals surface area contributed by atoms with Gasteiger partial charge in [-0.1, -0.05) is 17.7 Å². The number of allylic oxidation sites excluding steroid dienone is 2. The van der Waals surface area contributed by atoms with Crippen LogP contribution in [0.2, 0.25) is 0 Å². The summed E-state index contributed by atoms with van der Waals surface area (Å²) in [5.41, 5.74) is 3.34. The normalized spacial score (nSPS) is 32.7. The van der Waals surface area contributed by atoms with E-state index in [-0.39, 0.29) is 17.1 Å². The second-order valence-electron chi connectivity index (χ2n) is 5.79. The number of ketones is 1. The van der Waals surface area contributed by atoms with Gasteiger partial charge in [-0.15, -0.1) is 0 Å². The highest BCUT2D eigenvalue weighted by molar-refractivity contribution is 6.46. The van der Waals surface area contributed by atoms with Crippen molar-refractivity contribution in [2.45, 2.75) is 25.7 Å². The Morgan fingerprint density at radius 1 is 1.39 bits per heavy atom. The van der Waals surface area contributed by atoms with Crippen LogP contribution in [-0.4, -0.2) is 10.9 Å². The number of benzene rings is 1. The fourth-order valence-electron chi connectivity index (χ4n) is 4.10. The summed E-state index contributed by atoms with van der Waals surface area (Å²) in [5.74, 6) is 0.547. The molecule has 92 valence electrons. The van der Waals surface area contributed by atoms with E-state index >= 15 is 0 Å². The number of halogens is 1. The Balaban J connectivity index is 2.01. The fourth-order valence-corrected chi connectivity index (χ4v) is 4.56. The second-order valence-corrected chi connectivity index (χ2v) is 6.17. The minimum atomic E-state index is 0.0752. The van der Waals surface area contributed by atoms with E-state index in [0.29, 0.717) is 10.8 Å². The molecule has 1 N–H and O–H groups in total. The maximum absolute atomic E-state index is 12.2. The zero-order valence-electron chi connectivity index (χ0n) is 9.87. The summed E-state index contributed by atoms with van der Waals surface area (Å²) in [6, 6.07) is 5.40. The lowest BCUT2D eigenvalue weighted by molar-refractivity contribution is -0.118. The molecule has 1 aromatic carbocycles. The van der Waals surface area contributed by atoms with Gasteiger partial charge < -0.3 is 5.11 Å². The number of carbonyl (C=O) groups excluding carboxylic acids is 1. The van der Waals surface area contributed by atoms with Crippen molar-refractivity contribution in [3.8, 4) is 5.75 Å². The van der Waals surface area contributed by atoms with Crippen LogP contribution < -0.4 is 0 Å². The van der Waals surface area contributed by atoms with Crippen LogP contribution in [0.25, 0.3) is 5.57 Å². The number of phenols is 1. The molecule has 1 spiro atoms. The summed E-state index contributed by atoms with van der Waals surface area (Å²) >= 11 is 6.33. The van der Waals surface area contributed by atoms with Gasteiger partial charge in [0.2, 0.25) is 0 Å². The van der Waals surface area contributed by atoms with Crippen LogP contribution in [0.3, 0.4) is 0 Å². The smallest absolute Gasteiger partial charge is 0.177 e. The van der Waals surface area contributed by atoms with Crippen LogP contribution in [0.5, 0.6) is 5.75 Å². The molecule has 0 heterocycles. The maximum Gasteiger partial charge on any atom is 0.177 e. The van der Waals surface area contributed by atoms with Gasteiger partial charge in [0.15, 0.2) is 5.78 Å². The average molecular weight is 261 g/mol. The number of rotatable bonds is 0. The van der Waals surface area contributed by atoms with Gasteiger partial charge in [0.1, 0.15) is 5.75 Å². The van der Waals surface area contributed by atoms with E-state index in [9.17, 15) is 9.90 Å². The van der Waals surface area contributed by atoms with E-state index in [0.717, 1.165) is 42.4 Å². The molecule has 0 unspecified atom stereocenters. The predicted molar refractivity (Wildman–Crippen MR) is 69.4 cm³/mol. The number of Topliss-reactive ketones (excluding diaryl/α,β-unsaturated/α-hetero) is 1. The fraction of sp³-hybridized carbons (Fsp3) is 0.400. The Bertz CT molecular complexity index is 617. The Kier molecular flexibility index (Phi) is 1.88. The molecule has 3 heteroatoms. The zero-order valence-corrected chi connectivity index (χ0v) is 10.6. The van der Waals surface area contributed by atoms with Crippen molar-refractivity contribution in [2.24, 2.45) is 11.3 Å². The third-order valence-corrected chi connectivity index (χ3v) is 5.21. The van der Waals surface area contributed by atoms with Crippen molar-refractivity contribution in [3.05, 3.63) is 34.4 Å². The van der Waals surface area contributed by atoms with Gasteiger partial charge in [-0.2, -0.15) is 0 Å². The molecule has 18 heavy (non-hydrogen) atoms. The van der Waals surface area contributed by atoms with Gasteiger partial charge >= 0.3 is 0 Å². The molecule has 0 amide bonds. The van der Waals surface area contributed by atoms with E-state index in [2.05, 4.69) is 0 Å². The first-order chi connectivity index (χ1) is 8.61. The number of phenolic OH excluding ortho intramolecular Hbond substituents is 1. The topological polar surface area (TPSA) is 37.3 Å². The van der Waals surface area contributed by atoms with Crippen LogP contribution in [0.15, 0.2) is 23.2 Å². The van der Waals surface area contributed by atoms with Crippen LogP contribution in [0, 0.1) is 11.3 Å². The van der Waals surface area contributed by atoms with Crippen molar-refractivity contribution < 1.29 is 9.90 Å². The molecule has 0 radical (unpaired) electrons. The summed E-state index contributed by atoms with van der Waals surface area (Å²) in [7, 11) is 0. The first kappa shape index (κ1) is 10.6. The molecule has 1 aromatic rings. The van der Waals surface area contributed by atoms with Gasteiger partial charge in [-0.3, -0.25) is 4.79 Å². The van der Waals surface area contributed by atoms with Gasteiger partial charge in [0.05, 0.1) is 5.03 Å². The summed E-state index contributed by atoms with van der Waals surface area (Å²) in [6.45, 7) is 0. The van der Waals surface area contributed by atoms with Crippen LogP contribution in [0.1, 0.15) is 30.4 Å². The highest BCUT2D eigenvalue weighted by Gasteiger charge is 2.54. The molecule has 1 fully saturated rings. The number of fused-ring (bicyclic) bond motifs is 3. The van der Waals surface area contributed by atoms with Crippen LogP contribution in [0.4, 0.5) is 0 Å². The van der Waals surface area contributed by atoms with Gasteiger partial charge in [0, 0.05) is 11.3 Å². The van der Waals surface area contributed by atoms with E-state index in [4.69, 9.17) is 11.6 Å². The summed E-state index contributed by atoms with van der Waals surface area (Å²) < 4.78 is 0.